The van der Waals surface area contributed by atoms with Gasteiger partial charge in [-0.25, -0.2) is 4.98 Å². The van der Waals surface area contributed by atoms with Crippen LogP contribution < -0.4 is 5.32 Å². The van der Waals surface area contributed by atoms with Crippen LogP contribution in [-0.4, -0.2) is 15.9 Å². The van der Waals surface area contributed by atoms with Gasteiger partial charge in [-0.1, -0.05) is 32.6 Å². The van der Waals surface area contributed by atoms with Crippen LogP contribution in [0.25, 0.3) is 0 Å². The van der Waals surface area contributed by atoms with E-state index in [1.807, 2.05) is 0 Å². The van der Waals surface area contributed by atoms with Crippen molar-refractivity contribution in [2.24, 2.45) is 0 Å². The summed E-state index contributed by atoms with van der Waals surface area (Å²) >= 11 is 0. The molecule has 1 aromatic rings. The third kappa shape index (κ3) is 5.53. The molecule has 4 nitrogen and oxygen atoms in total. The maximum Gasteiger partial charge on any atom is 0.220 e. The maximum atomic E-state index is 11.4. The lowest BCUT2D eigenvalue weighted by Crippen LogP contribution is -2.22. The Kier molecular flexibility index (Phi) is 6.30. The number of nitrogens with zero attached hydrogens (tertiary/aromatic N) is 1. The summed E-state index contributed by atoms with van der Waals surface area (Å²) in [5.74, 6) is 0.923. The number of carbonyl (C=O) groups excluding carboxylic acids is 1. The number of imidazole rings is 1. The Hall–Kier alpha value is -1.32. The fraction of sp³-hybridized carbons (Fsp3) is 0.667. The van der Waals surface area contributed by atoms with Crippen molar-refractivity contribution in [1.82, 2.24) is 15.3 Å². The normalized spacial score (nSPS) is 10.3. The number of carbonyl (C=O) groups is 1. The van der Waals surface area contributed by atoms with Crippen molar-refractivity contribution in [2.75, 3.05) is 0 Å². The highest BCUT2D eigenvalue weighted by Gasteiger charge is 2.01. The van der Waals surface area contributed by atoms with E-state index in [2.05, 4.69) is 22.2 Å². The van der Waals surface area contributed by atoms with Gasteiger partial charge < -0.3 is 10.3 Å². The summed E-state index contributed by atoms with van der Waals surface area (Å²) in [6.45, 7) is 2.69. The van der Waals surface area contributed by atoms with E-state index in [0.717, 1.165) is 18.7 Å². The summed E-state index contributed by atoms with van der Waals surface area (Å²) in [5, 5.41) is 2.84. The molecule has 1 amide bonds. The molecule has 4 heteroatoms. The first kappa shape index (κ1) is 12.7. The average Bonchev–Trinajstić information content (AvgIpc) is 2.79. The Bertz CT molecular complexity index is 282. The molecular weight excluding hydrogens is 202 g/mol. The zero-order valence-corrected chi connectivity index (χ0v) is 9.96. The quantitative estimate of drug-likeness (QED) is 0.665. The molecule has 2 N–H and O–H groups in total. The number of H-pyrrole nitrogens is 1. The van der Waals surface area contributed by atoms with Gasteiger partial charge in [0.1, 0.15) is 5.82 Å². The molecule has 0 fully saturated rings. The van der Waals surface area contributed by atoms with E-state index in [9.17, 15) is 4.79 Å². The summed E-state index contributed by atoms with van der Waals surface area (Å²) in [4.78, 5) is 18.4. The van der Waals surface area contributed by atoms with Gasteiger partial charge in [0.15, 0.2) is 0 Å². The van der Waals surface area contributed by atoms with Gasteiger partial charge in [0.2, 0.25) is 5.91 Å². The van der Waals surface area contributed by atoms with Crippen LogP contribution in [-0.2, 0) is 11.3 Å². The van der Waals surface area contributed by atoms with E-state index in [1.54, 1.807) is 12.4 Å². The molecule has 1 heterocycles. The third-order valence-corrected chi connectivity index (χ3v) is 2.52. The summed E-state index contributed by atoms with van der Waals surface area (Å²) < 4.78 is 0. The van der Waals surface area contributed by atoms with Crippen molar-refractivity contribution in [3.63, 3.8) is 0 Å². The Morgan fingerprint density at radius 1 is 1.38 bits per heavy atom. The monoisotopic (exact) mass is 223 g/mol. The van der Waals surface area contributed by atoms with Crippen molar-refractivity contribution in [3.05, 3.63) is 18.2 Å². The number of nitrogens with one attached hydrogen (secondary N) is 2. The van der Waals surface area contributed by atoms with Gasteiger partial charge in [0.25, 0.3) is 0 Å². The summed E-state index contributed by atoms with van der Waals surface area (Å²) in [6, 6.07) is 0. The third-order valence-electron chi connectivity index (χ3n) is 2.52. The van der Waals surface area contributed by atoms with Crippen LogP contribution in [0.1, 0.15) is 51.3 Å². The predicted octanol–water partition coefficient (Wildman–Crippen LogP) is 2.39. The SMILES string of the molecule is CCCCCCCC(=O)NCc1ncc[nH]1. The van der Waals surface area contributed by atoms with Crippen LogP contribution >= 0.6 is 0 Å². The summed E-state index contributed by atoms with van der Waals surface area (Å²) in [6.07, 6.45) is 9.97. The van der Waals surface area contributed by atoms with Crippen molar-refractivity contribution >= 4 is 5.91 Å². The van der Waals surface area contributed by atoms with Gasteiger partial charge >= 0.3 is 0 Å². The standard InChI is InChI=1S/C12H21N3O/c1-2-3-4-5-6-7-12(16)15-10-11-13-8-9-14-11/h8-9H,2-7,10H2,1H3,(H,13,14)(H,15,16). The Labute approximate surface area is 96.9 Å². The van der Waals surface area contributed by atoms with E-state index in [4.69, 9.17) is 0 Å². The second kappa shape index (κ2) is 7.91. The van der Waals surface area contributed by atoms with Crippen molar-refractivity contribution in [2.45, 2.75) is 52.0 Å². The minimum absolute atomic E-state index is 0.118. The average molecular weight is 223 g/mol. The van der Waals surface area contributed by atoms with Gasteiger partial charge in [-0.15, -0.1) is 0 Å². The zero-order chi connectivity index (χ0) is 11.6. The molecule has 1 aromatic heterocycles. The highest BCUT2D eigenvalue weighted by molar-refractivity contribution is 5.75. The van der Waals surface area contributed by atoms with Gasteiger partial charge in [-0.2, -0.15) is 0 Å². The number of aromatic amines is 1. The summed E-state index contributed by atoms with van der Waals surface area (Å²) in [7, 11) is 0. The first-order valence-corrected chi connectivity index (χ1v) is 6.08. The Morgan fingerprint density at radius 3 is 2.88 bits per heavy atom. The highest BCUT2D eigenvalue weighted by Crippen LogP contribution is 2.04. The molecule has 90 valence electrons. The first-order valence-electron chi connectivity index (χ1n) is 6.08. The fourth-order valence-corrected chi connectivity index (χ4v) is 1.55. The van der Waals surface area contributed by atoms with Gasteiger partial charge in [-0.05, 0) is 6.42 Å². The van der Waals surface area contributed by atoms with E-state index in [-0.39, 0.29) is 5.91 Å². The molecular formula is C12H21N3O. The molecule has 0 radical (unpaired) electrons. The van der Waals surface area contributed by atoms with Gasteiger partial charge in [0, 0.05) is 18.8 Å². The largest absolute Gasteiger partial charge is 0.349 e. The molecule has 0 unspecified atom stereocenters. The predicted molar refractivity (Wildman–Crippen MR) is 63.8 cm³/mol. The molecule has 0 spiro atoms. The van der Waals surface area contributed by atoms with Gasteiger partial charge in [-0.3, -0.25) is 4.79 Å². The number of hydrogen-bond acceptors (Lipinski definition) is 2. The Balaban J connectivity index is 1.99. The molecule has 0 aromatic carbocycles. The molecule has 16 heavy (non-hydrogen) atoms. The van der Waals surface area contributed by atoms with Crippen LogP contribution in [0.4, 0.5) is 0 Å². The van der Waals surface area contributed by atoms with Crippen molar-refractivity contribution in [3.8, 4) is 0 Å². The second-order valence-corrected chi connectivity index (χ2v) is 3.98. The minimum Gasteiger partial charge on any atom is -0.349 e. The number of hydrogen-bond donors (Lipinski definition) is 2. The molecule has 0 atom stereocenters. The lowest BCUT2D eigenvalue weighted by Gasteiger charge is -2.03. The van der Waals surface area contributed by atoms with Crippen LogP contribution in [0.3, 0.4) is 0 Å². The number of amides is 1. The minimum atomic E-state index is 0.118. The molecule has 0 aliphatic heterocycles. The van der Waals surface area contributed by atoms with Crippen LogP contribution in [0.5, 0.6) is 0 Å². The fourth-order valence-electron chi connectivity index (χ4n) is 1.55. The summed E-state index contributed by atoms with van der Waals surface area (Å²) in [5.41, 5.74) is 0. The van der Waals surface area contributed by atoms with Crippen LogP contribution in [0.15, 0.2) is 12.4 Å². The smallest absolute Gasteiger partial charge is 0.220 e. The molecule has 0 saturated carbocycles. The highest BCUT2D eigenvalue weighted by atomic mass is 16.1. The van der Waals surface area contributed by atoms with Crippen LogP contribution in [0, 0.1) is 0 Å². The molecule has 0 bridgehead atoms. The number of rotatable bonds is 8. The Morgan fingerprint density at radius 2 is 2.19 bits per heavy atom. The first-order chi connectivity index (χ1) is 7.83. The maximum absolute atomic E-state index is 11.4. The van der Waals surface area contributed by atoms with E-state index in [0.29, 0.717) is 13.0 Å². The van der Waals surface area contributed by atoms with E-state index < -0.39 is 0 Å². The topological polar surface area (TPSA) is 57.8 Å². The number of aromatic nitrogens is 2. The van der Waals surface area contributed by atoms with Crippen molar-refractivity contribution in [1.29, 1.82) is 0 Å². The van der Waals surface area contributed by atoms with E-state index in [1.165, 1.54) is 19.3 Å². The molecule has 0 aliphatic carbocycles. The van der Waals surface area contributed by atoms with Gasteiger partial charge in [0.05, 0.1) is 6.54 Å². The molecule has 0 saturated heterocycles. The zero-order valence-electron chi connectivity index (χ0n) is 9.96. The van der Waals surface area contributed by atoms with Crippen molar-refractivity contribution < 1.29 is 4.79 Å². The lowest BCUT2D eigenvalue weighted by atomic mass is 10.1. The second-order valence-electron chi connectivity index (χ2n) is 3.98. The lowest BCUT2D eigenvalue weighted by molar-refractivity contribution is -0.121. The van der Waals surface area contributed by atoms with E-state index >= 15 is 0 Å². The van der Waals surface area contributed by atoms with Crippen LogP contribution in [0.2, 0.25) is 0 Å². The molecule has 0 aliphatic rings. The molecule has 1 rings (SSSR count). The number of unbranched alkanes of at least 4 members (excludes halogenated alkanes) is 4.